The zero-order valence-corrected chi connectivity index (χ0v) is 12.9. The van der Waals surface area contributed by atoms with Crippen molar-refractivity contribution in [1.29, 1.82) is 0 Å². The molecule has 1 aromatic carbocycles. The second kappa shape index (κ2) is 5.25. The second-order valence-electron chi connectivity index (χ2n) is 5.73. The second-order valence-corrected chi connectivity index (χ2v) is 6.69. The SMILES string of the molecule is O=C1NCc2c(NC(=O)c3csc4c3CCCC4)cccc21. The van der Waals surface area contributed by atoms with E-state index in [2.05, 4.69) is 10.6 Å². The van der Waals surface area contributed by atoms with Gasteiger partial charge in [-0.25, -0.2) is 0 Å². The van der Waals surface area contributed by atoms with Gasteiger partial charge in [-0.1, -0.05) is 6.07 Å². The molecule has 0 fully saturated rings. The van der Waals surface area contributed by atoms with Crippen LogP contribution >= 0.6 is 11.3 Å². The van der Waals surface area contributed by atoms with Crippen molar-refractivity contribution in [2.75, 3.05) is 5.32 Å². The van der Waals surface area contributed by atoms with Crippen molar-refractivity contribution >= 4 is 28.8 Å². The van der Waals surface area contributed by atoms with Gasteiger partial charge in [0.2, 0.25) is 0 Å². The number of fused-ring (bicyclic) bond motifs is 2. The monoisotopic (exact) mass is 312 g/mol. The lowest BCUT2D eigenvalue weighted by Crippen LogP contribution is -2.15. The molecular weight excluding hydrogens is 296 g/mol. The third kappa shape index (κ3) is 2.13. The predicted molar refractivity (Wildman–Crippen MR) is 86.5 cm³/mol. The summed E-state index contributed by atoms with van der Waals surface area (Å²) in [6.07, 6.45) is 4.46. The van der Waals surface area contributed by atoms with Crippen molar-refractivity contribution in [2.24, 2.45) is 0 Å². The Labute approximate surface area is 132 Å². The van der Waals surface area contributed by atoms with Crippen molar-refractivity contribution in [3.8, 4) is 0 Å². The molecule has 4 rings (SSSR count). The molecule has 5 heteroatoms. The Hall–Kier alpha value is -2.14. The molecule has 2 amide bonds. The van der Waals surface area contributed by atoms with Crippen LogP contribution in [-0.2, 0) is 19.4 Å². The normalized spacial score (nSPS) is 15.9. The van der Waals surface area contributed by atoms with E-state index < -0.39 is 0 Å². The van der Waals surface area contributed by atoms with E-state index >= 15 is 0 Å². The maximum atomic E-state index is 12.6. The fourth-order valence-corrected chi connectivity index (χ4v) is 4.37. The number of rotatable bonds is 2. The molecule has 0 radical (unpaired) electrons. The van der Waals surface area contributed by atoms with E-state index in [1.165, 1.54) is 16.9 Å². The van der Waals surface area contributed by atoms with Crippen LogP contribution in [0.3, 0.4) is 0 Å². The van der Waals surface area contributed by atoms with Crippen LogP contribution in [-0.4, -0.2) is 11.8 Å². The van der Waals surface area contributed by atoms with Crippen molar-refractivity contribution in [2.45, 2.75) is 32.2 Å². The van der Waals surface area contributed by atoms with Gasteiger partial charge in [0, 0.05) is 33.6 Å². The summed E-state index contributed by atoms with van der Waals surface area (Å²) in [7, 11) is 0. The van der Waals surface area contributed by atoms with E-state index in [0.29, 0.717) is 12.1 Å². The predicted octanol–water partition coefficient (Wildman–Crippen LogP) is 3.12. The molecule has 0 bridgehead atoms. The van der Waals surface area contributed by atoms with Crippen molar-refractivity contribution in [3.63, 3.8) is 0 Å². The van der Waals surface area contributed by atoms with Crippen LogP contribution in [0.25, 0.3) is 0 Å². The zero-order valence-electron chi connectivity index (χ0n) is 12.1. The Morgan fingerprint density at radius 3 is 2.95 bits per heavy atom. The topological polar surface area (TPSA) is 58.2 Å². The molecule has 1 aliphatic carbocycles. The molecule has 0 saturated heterocycles. The van der Waals surface area contributed by atoms with Crippen LogP contribution in [0.15, 0.2) is 23.6 Å². The van der Waals surface area contributed by atoms with Gasteiger partial charge in [-0.3, -0.25) is 9.59 Å². The molecule has 2 aromatic rings. The van der Waals surface area contributed by atoms with Crippen molar-refractivity contribution < 1.29 is 9.59 Å². The van der Waals surface area contributed by atoms with E-state index in [1.54, 1.807) is 17.4 Å². The van der Waals surface area contributed by atoms with E-state index in [0.717, 1.165) is 36.1 Å². The van der Waals surface area contributed by atoms with Crippen LogP contribution in [0.1, 0.15) is 49.6 Å². The van der Waals surface area contributed by atoms with Gasteiger partial charge in [0.15, 0.2) is 0 Å². The summed E-state index contributed by atoms with van der Waals surface area (Å²) in [5, 5.41) is 7.76. The summed E-state index contributed by atoms with van der Waals surface area (Å²) in [6.45, 7) is 0.479. The van der Waals surface area contributed by atoms with Crippen molar-refractivity contribution in [3.05, 3.63) is 50.7 Å². The van der Waals surface area contributed by atoms with Gasteiger partial charge in [0.25, 0.3) is 11.8 Å². The van der Waals surface area contributed by atoms with Gasteiger partial charge in [-0.2, -0.15) is 0 Å². The van der Waals surface area contributed by atoms with Gasteiger partial charge >= 0.3 is 0 Å². The molecule has 0 unspecified atom stereocenters. The van der Waals surface area contributed by atoms with Gasteiger partial charge in [-0.15, -0.1) is 11.3 Å². The summed E-state index contributed by atoms with van der Waals surface area (Å²) in [6, 6.07) is 5.46. The first-order valence-electron chi connectivity index (χ1n) is 7.54. The number of benzene rings is 1. The Morgan fingerprint density at radius 2 is 2.05 bits per heavy atom. The Kier molecular flexibility index (Phi) is 3.22. The maximum absolute atomic E-state index is 12.6. The van der Waals surface area contributed by atoms with Gasteiger partial charge in [0.05, 0.1) is 5.56 Å². The minimum absolute atomic E-state index is 0.0628. The molecule has 2 aliphatic rings. The molecule has 2 heterocycles. The quantitative estimate of drug-likeness (QED) is 0.895. The summed E-state index contributed by atoms with van der Waals surface area (Å²) >= 11 is 1.69. The molecule has 22 heavy (non-hydrogen) atoms. The van der Waals surface area contributed by atoms with Gasteiger partial charge in [0.1, 0.15) is 0 Å². The van der Waals surface area contributed by atoms with E-state index in [4.69, 9.17) is 0 Å². The molecule has 4 nitrogen and oxygen atoms in total. The lowest BCUT2D eigenvalue weighted by atomic mass is 9.95. The third-order valence-electron chi connectivity index (χ3n) is 4.40. The number of nitrogens with one attached hydrogen (secondary N) is 2. The van der Waals surface area contributed by atoms with E-state index in [1.807, 2.05) is 17.5 Å². The van der Waals surface area contributed by atoms with Gasteiger partial charge < -0.3 is 10.6 Å². The van der Waals surface area contributed by atoms with Crippen LogP contribution in [0, 0.1) is 0 Å². The van der Waals surface area contributed by atoms with E-state index in [9.17, 15) is 9.59 Å². The van der Waals surface area contributed by atoms with Crippen LogP contribution in [0.2, 0.25) is 0 Å². The summed E-state index contributed by atoms with van der Waals surface area (Å²) in [5.74, 6) is -0.133. The van der Waals surface area contributed by atoms with Crippen LogP contribution < -0.4 is 10.6 Å². The molecule has 0 saturated carbocycles. The Bertz CT molecular complexity index is 779. The third-order valence-corrected chi connectivity index (χ3v) is 5.49. The standard InChI is InChI=1S/C17H16N2O2S/c20-16-11-5-3-6-14(12(11)8-18-16)19-17(21)13-9-22-15-7-2-1-4-10(13)15/h3,5-6,9H,1-2,4,7-8H2,(H,18,20)(H,19,21). The highest BCUT2D eigenvalue weighted by atomic mass is 32.1. The first-order chi connectivity index (χ1) is 10.7. The number of anilines is 1. The highest BCUT2D eigenvalue weighted by Gasteiger charge is 2.24. The van der Waals surface area contributed by atoms with Crippen LogP contribution in [0.5, 0.6) is 0 Å². The zero-order chi connectivity index (χ0) is 15.1. The first-order valence-corrected chi connectivity index (χ1v) is 8.42. The number of aryl methyl sites for hydroxylation is 1. The summed E-state index contributed by atoms with van der Waals surface area (Å²) in [4.78, 5) is 25.7. The summed E-state index contributed by atoms with van der Waals surface area (Å²) < 4.78 is 0. The number of carbonyl (C=O) groups is 2. The minimum atomic E-state index is -0.0704. The molecule has 0 spiro atoms. The first kappa shape index (κ1) is 13.5. The molecule has 1 aliphatic heterocycles. The average molecular weight is 312 g/mol. The average Bonchev–Trinajstić information content (AvgIpc) is 3.12. The molecule has 112 valence electrons. The lowest BCUT2D eigenvalue weighted by molar-refractivity contribution is 0.0964. The largest absolute Gasteiger partial charge is 0.348 e. The summed E-state index contributed by atoms with van der Waals surface area (Å²) in [5.41, 5.74) is 4.29. The number of carbonyl (C=O) groups excluding carboxylic acids is 2. The maximum Gasteiger partial charge on any atom is 0.256 e. The van der Waals surface area contributed by atoms with E-state index in [-0.39, 0.29) is 11.8 Å². The molecule has 2 N–H and O–H groups in total. The molecule has 1 aromatic heterocycles. The van der Waals surface area contributed by atoms with Crippen LogP contribution in [0.4, 0.5) is 5.69 Å². The fourth-order valence-electron chi connectivity index (χ4n) is 3.24. The lowest BCUT2D eigenvalue weighted by Gasteiger charge is -2.13. The van der Waals surface area contributed by atoms with Gasteiger partial charge in [-0.05, 0) is 43.4 Å². The fraction of sp³-hybridized carbons (Fsp3) is 0.294. The number of hydrogen-bond donors (Lipinski definition) is 2. The highest BCUT2D eigenvalue weighted by molar-refractivity contribution is 7.10. The number of hydrogen-bond acceptors (Lipinski definition) is 3. The smallest absolute Gasteiger partial charge is 0.256 e. The number of amides is 2. The minimum Gasteiger partial charge on any atom is -0.348 e. The molecular formula is C17H16N2O2S. The Balaban J connectivity index is 1.64. The Morgan fingerprint density at radius 1 is 1.18 bits per heavy atom. The molecule has 0 atom stereocenters. The number of thiophene rings is 1. The van der Waals surface area contributed by atoms with Crippen molar-refractivity contribution in [1.82, 2.24) is 5.32 Å². The highest BCUT2D eigenvalue weighted by Crippen LogP contribution is 2.31.